The summed E-state index contributed by atoms with van der Waals surface area (Å²) in [7, 11) is 1.66. The summed E-state index contributed by atoms with van der Waals surface area (Å²) in [4.78, 5) is 26.8. The summed E-state index contributed by atoms with van der Waals surface area (Å²) in [5, 5.41) is 0. The SMILES string of the molecule is COCCCC(=O)C1CC2CCC(C1)N2C(=O)OCc1ccccc1. The molecule has 1 aromatic carbocycles. The summed E-state index contributed by atoms with van der Waals surface area (Å²) < 4.78 is 10.5. The number of benzene rings is 1. The van der Waals surface area contributed by atoms with E-state index in [0.717, 1.165) is 37.7 Å². The summed E-state index contributed by atoms with van der Waals surface area (Å²) >= 11 is 0. The van der Waals surface area contributed by atoms with E-state index in [0.29, 0.717) is 25.4 Å². The molecule has 2 aliphatic rings. The normalized spacial score (nSPS) is 25.0. The molecular weight excluding hydrogens is 318 g/mol. The first-order valence-electron chi connectivity index (χ1n) is 9.19. The Labute approximate surface area is 149 Å². The number of piperidine rings is 1. The first-order valence-corrected chi connectivity index (χ1v) is 9.19. The maximum atomic E-state index is 12.5. The molecule has 2 saturated heterocycles. The quantitative estimate of drug-likeness (QED) is 0.709. The minimum absolute atomic E-state index is 0.0903. The summed E-state index contributed by atoms with van der Waals surface area (Å²) in [6, 6.07) is 10.0. The van der Waals surface area contributed by atoms with E-state index >= 15 is 0 Å². The smallest absolute Gasteiger partial charge is 0.410 e. The van der Waals surface area contributed by atoms with Crippen LogP contribution in [-0.4, -0.2) is 42.6 Å². The van der Waals surface area contributed by atoms with E-state index in [9.17, 15) is 9.59 Å². The van der Waals surface area contributed by atoms with Crippen LogP contribution in [0, 0.1) is 5.92 Å². The number of amides is 1. The molecule has 2 atom stereocenters. The van der Waals surface area contributed by atoms with Crippen molar-refractivity contribution in [1.82, 2.24) is 4.90 Å². The second-order valence-corrected chi connectivity index (χ2v) is 7.06. The Morgan fingerprint density at radius 2 is 1.80 bits per heavy atom. The van der Waals surface area contributed by atoms with Gasteiger partial charge < -0.3 is 14.4 Å². The Bertz CT molecular complexity index is 575. The first kappa shape index (κ1) is 17.9. The number of fused-ring (bicyclic) bond motifs is 2. The highest BCUT2D eigenvalue weighted by atomic mass is 16.6. The number of Topliss-reactive ketones (excluding diaryl/α,β-unsaturated/α-hetero) is 1. The standard InChI is InChI=1S/C20H27NO4/c1-24-11-5-8-19(22)16-12-17-9-10-18(13-16)21(17)20(23)25-14-15-6-3-2-4-7-15/h2-4,6-7,16-18H,5,8-14H2,1H3. The number of ketones is 1. The van der Waals surface area contributed by atoms with Crippen molar-refractivity contribution in [2.24, 2.45) is 5.92 Å². The van der Waals surface area contributed by atoms with Crippen LogP contribution in [0.2, 0.25) is 0 Å². The van der Waals surface area contributed by atoms with Crippen LogP contribution < -0.4 is 0 Å². The van der Waals surface area contributed by atoms with Gasteiger partial charge in [0.05, 0.1) is 0 Å². The van der Waals surface area contributed by atoms with Crippen molar-refractivity contribution in [3.8, 4) is 0 Å². The van der Waals surface area contributed by atoms with Gasteiger partial charge in [-0.25, -0.2) is 4.79 Å². The average Bonchev–Trinajstić information content (AvgIpc) is 2.90. The highest BCUT2D eigenvalue weighted by Crippen LogP contribution is 2.39. The third-order valence-electron chi connectivity index (χ3n) is 5.38. The number of ether oxygens (including phenoxy) is 2. The molecule has 0 aliphatic carbocycles. The van der Waals surface area contributed by atoms with Crippen LogP contribution in [0.5, 0.6) is 0 Å². The second kappa shape index (κ2) is 8.48. The lowest BCUT2D eigenvalue weighted by Crippen LogP contribution is -2.48. The van der Waals surface area contributed by atoms with Gasteiger partial charge in [-0.2, -0.15) is 0 Å². The number of hydrogen-bond donors (Lipinski definition) is 0. The Morgan fingerprint density at radius 3 is 2.44 bits per heavy atom. The van der Waals surface area contributed by atoms with Gasteiger partial charge in [0.2, 0.25) is 0 Å². The van der Waals surface area contributed by atoms with Crippen molar-refractivity contribution in [3.63, 3.8) is 0 Å². The molecule has 2 unspecified atom stereocenters. The predicted molar refractivity (Wildman–Crippen MR) is 94.1 cm³/mol. The van der Waals surface area contributed by atoms with Gasteiger partial charge in [-0.15, -0.1) is 0 Å². The first-order chi connectivity index (χ1) is 12.2. The summed E-state index contributed by atoms with van der Waals surface area (Å²) in [6.07, 6.45) is 4.65. The van der Waals surface area contributed by atoms with E-state index in [1.165, 1.54) is 0 Å². The van der Waals surface area contributed by atoms with Crippen LogP contribution in [0.4, 0.5) is 4.79 Å². The largest absolute Gasteiger partial charge is 0.445 e. The van der Waals surface area contributed by atoms with Crippen LogP contribution in [0.15, 0.2) is 30.3 Å². The van der Waals surface area contributed by atoms with Gasteiger partial charge in [0.15, 0.2) is 0 Å². The van der Waals surface area contributed by atoms with Crippen molar-refractivity contribution in [3.05, 3.63) is 35.9 Å². The fraction of sp³-hybridized carbons (Fsp3) is 0.600. The third-order valence-corrected chi connectivity index (χ3v) is 5.38. The van der Waals surface area contributed by atoms with Crippen molar-refractivity contribution in [1.29, 1.82) is 0 Å². The van der Waals surface area contributed by atoms with E-state index < -0.39 is 0 Å². The molecule has 3 rings (SSSR count). The van der Waals surface area contributed by atoms with Gasteiger partial charge >= 0.3 is 6.09 Å². The Kier molecular flexibility index (Phi) is 6.08. The summed E-state index contributed by atoms with van der Waals surface area (Å²) in [6.45, 7) is 0.929. The minimum Gasteiger partial charge on any atom is -0.445 e. The van der Waals surface area contributed by atoms with E-state index in [1.807, 2.05) is 35.2 Å². The lowest BCUT2D eigenvalue weighted by Gasteiger charge is -2.37. The number of carbonyl (C=O) groups excluding carboxylic acids is 2. The zero-order valence-corrected chi connectivity index (χ0v) is 14.9. The Hall–Kier alpha value is -1.88. The van der Waals surface area contributed by atoms with Crippen LogP contribution in [0.25, 0.3) is 0 Å². The fourth-order valence-corrected chi connectivity index (χ4v) is 4.13. The predicted octanol–water partition coefficient (Wildman–Crippen LogP) is 3.56. The molecule has 0 radical (unpaired) electrons. The minimum atomic E-state index is -0.235. The average molecular weight is 345 g/mol. The second-order valence-electron chi connectivity index (χ2n) is 7.06. The van der Waals surface area contributed by atoms with Gasteiger partial charge in [0, 0.05) is 38.1 Å². The Balaban J connectivity index is 1.52. The van der Waals surface area contributed by atoms with Crippen molar-refractivity contribution < 1.29 is 19.1 Å². The molecule has 1 aromatic rings. The molecule has 0 aromatic heterocycles. The van der Waals surface area contributed by atoms with Gasteiger partial charge in [-0.3, -0.25) is 4.79 Å². The van der Waals surface area contributed by atoms with Gasteiger partial charge in [-0.1, -0.05) is 30.3 Å². The lowest BCUT2D eigenvalue weighted by atomic mass is 9.86. The molecule has 2 heterocycles. The molecule has 0 spiro atoms. The van der Waals surface area contributed by atoms with Crippen LogP contribution in [0.3, 0.4) is 0 Å². The van der Waals surface area contributed by atoms with Crippen LogP contribution >= 0.6 is 0 Å². The molecule has 2 aliphatic heterocycles. The summed E-state index contributed by atoms with van der Waals surface area (Å²) in [5.74, 6) is 0.416. The van der Waals surface area contributed by atoms with Gasteiger partial charge in [0.1, 0.15) is 12.4 Å². The fourth-order valence-electron chi connectivity index (χ4n) is 4.13. The number of rotatable bonds is 7. The van der Waals surface area contributed by atoms with Crippen LogP contribution in [-0.2, 0) is 20.9 Å². The van der Waals surface area contributed by atoms with Gasteiger partial charge in [-0.05, 0) is 37.7 Å². The maximum absolute atomic E-state index is 12.5. The van der Waals surface area contributed by atoms with Crippen molar-refractivity contribution >= 4 is 11.9 Å². The van der Waals surface area contributed by atoms with Crippen LogP contribution in [0.1, 0.15) is 44.1 Å². The van der Waals surface area contributed by atoms with E-state index in [-0.39, 0.29) is 24.1 Å². The maximum Gasteiger partial charge on any atom is 0.410 e. The molecule has 2 fully saturated rings. The third kappa shape index (κ3) is 4.40. The molecular formula is C20H27NO4. The zero-order valence-electron chi connectivity index (χ0n) is 14.9. The highest BCUT2D eigenvalue weighted by molar-refractivity contribution is 5.81. The van der Waals surface area contributed by atoms with Gasteiger partial charge in [0.25, 0.3) is 0 Å². The number of nitrogens with zero attached hydrogens (tertiary/aromatic N) is 1. The highest BCUT2D eigenvalue weighted by Gasteiger charge is 2.45. The molecule has 0 saturated carbocycles. The monoisotopic (exact) mass is 345 g/mol. The Morgan fingerprint density at radius 1 is 1.12 bits per heavy atom. The van der Waals surface area contributed by atoms with E-state index in [2.05, 4.69) is 0 Å². The topological polar surface area (TPSA) is 55.8 Å². The molecule has 2 bridgehead atoms. The lowest BCUT2D eigenvalue weighted by molar-refractivity contribution is -0.125. The van der Waals surface area contributed by atoms with Crippen molar-refractivity contribution in [2.45, 2.75) is 57.2 Å². The molecule has 5 nitrogen and oxygen atoms in total. The molecule has 136 valence electrons. The molecule has 0 N–H and O–H groups in total. The van der Waals surface area contributed by atoms with E-state index in [1.54, 1.807) is 7.11 Å². The number of hydrogen-bond acceptors (Lipinski definition) is 4. The summed E-state index contributed by atoms with van der Waals surface area (Å²) in [5.41, 5.74) is 0.992. The molecule has 1 amide bonds. The molecule has 5 heteroatoms. The molecule has 25 heavy (non-hydrogen) atoms. The van der Waals surface area contributed by atoms with Crippen molar-refractivity contribution in [2.75, 3.05) is 13.7 Å². The zero-order chi connectivity index (χ0) is 17.6. The number of methoxy groups -OCH3 is 1. The number of carbonyl (C=O) groups is 2. The van der Waals surface area contributed by atoms with E-state index in [4.69, 9.17) is 9.47 Å².